The van der Waals surface area contributed by atoms with Crippen LogP contribution in [0.4, 0.5) is 0 Å². The van der Waals surface area contributed by atoms with E-state index in [0.29, 0.717) is 12.7 Å². The lowest BCUT2D eigenvalue weighted by molar-refractivity contribution is 0.263. The maximum absolute atomic E-state index is 5.72. The molecule has 104 valence electrons. The largest absolute Gasteiger partial charge is 0.491 e. The van der Waals surface area contributed by atoms with Gasteiger partial charge in [-0.1, -0.05) is 43.3 Å². The molecular formula is C18H20O2. The summed E-state index contributed by atoms with van der Waals surface area (Å²) in [5.41, 5.74) is 4.00. The summed E-state index contributed by atoms with van der Waals surface area (Å²) >= 11 is 0. The number of benzene rings is 2. The second-order valence-electron chi connectivity index (χ2n) is 5.26. The summed E-state index contributed by atoms with van der Waals surface area (Å²) < 4.78 is 10.9. The van der Waals surface area contributed by atoms with Crippen molar-refractivity contribution in [3.05, 3.63) is 65.2 Å². The molecule has 0 aromatic heterocycles. The van der Waals surface area contributed by atoms with Crippen LogP contribution in [0.2, 0.25) is 0 Å². The molecule has 0 N–H and O–H groups in total. The number of hydrogen-bond acceptors (Lipinski definition) is 2. The molecular weight excluding hydrogens is 248 g/mol. The van der Waals surface area contributed by atoms with Crippen LogP contribution in [-0.4, -0.2) is 19.3 Å². The molecule has 3 rings (SSSR count). The van der Waals surface area contributed by atoms with Gasteiger partial charge >= 0.3 is 0 Å². The van der Waals surface area contributed by atoms with Gasteiger partial charge in [0.2, 0.25) is 0 Å². The fourth-order valence-electron chi connectivity index (χ4n) is 2.23. The first-order valence-electron chi connectivity index (χ1n) is 7.24. The van der Waals surface area contributed by atoms with Gasteiger partial charge in [0.25, 0.3) is 0 Å². The first-order chi connectivity index (χ1) is 9.83. The van der Waals surface area contributed by atoms with E-state index in [4.69, 9.17) is 9.47 Å². The maximum Gasteiger partial charge on any atom is 0.119 e. The molecule has 0 saturated carbocycles. The monoisotopic (exact) mass is 268 g/mol. The number of ether oxygens (including phenoxy) is 2. The predicted octanol–water partition coefficient (Wildman–Crippen LogP) is 3.62. The minimum absolute atomic E-state index is 0.306. The van der Waals surface area contributed by atoms with Gasteiger partial charge in [0.15, 0.2) is 0 Å². The highest BCUT2D eigenvalue weighted by Gasteiger charge is 2.22. The number of hydrogen-bond donors (Lipinski definition) is 0. The van der Waals surface area contributed by atoms with Crippen LogP contribution >= 0.6 is 0 Å². The molecule has 1 saturated heterocycles. The zero-order valence-corrected chi connectivity index (χ0v) is 11.8. The van der Waals surface area contributed by atoms with E-state index in [1.807, 2.05) is 6.07 Å². The number of epoxide rings is 1. The van der Waals surface area contributed by atoms with Crippen LogP contribution in [0, 0.1) is 0 Å². The Morgan fingerprint density at radius 1 is 1.05 bits per heavy atom. The molecule has 0 radical (unpaired) electrons. The highest BCUT2D eigenvalue weighted by molar-refractivity contribution is 5.33. The Bertz CT molecular complexity index is 556. The van der Waals surface area contributed by atoms with Gasteiger partial charge in [0, 0.05) is 0 Å². The zero-order chi connectivity index (χ0) is 13.8. The van der Waals surface area contributed by atoms with Crippen molar-refractivity contribution in [3.8, 4) is 5.75 Å². The molecule has 1 aliphatic heterocycles. The van der Waals surface area contributed by atoms with E-state index >= 15 is 0 Å². The standard InChI is InChI=1S/C18H20O2/c1-2-14-6-8-15(9-7-14)10-16-4-3-5-17(11-16)19-12-18-13-20-18/h3-9,11,18H,2,10,12-13H2,1H3. The summed E-state index contributed by atoms with van der Waals surface area (Å²) in [7, 11) is 0. The number of aryl methyl sites for hydroxylation is 1. The van der Waals surface area contributed by atoms with Crippen LogP contribution in [0.5, 0.6) is 5.75 Å². The van der Waals surface area contributed by atoms with Gasteiger partial charge < -0.3 is 9.47 Å². The summed E-state index contributed by atoms with van der Waals surface area (Å²) in [5, 5.41) is 0. The molecule has 2 aromatic carbocycles. The summed E-state index contributed by atoms with van der Waals surface area (Å²) in [5.74, 6) is 0.933. The lowest BCUT2D eigenvalue weighted by Crippen LogP contribution is -2.04. The van der Waals surface area contributed by atoms with Crippen LogP contribution in [0.25, 0.3) is 0 Å². The fourth-order valence-corrected chi connectivity index (χ4v) is 2.23. The van der Waals surface area contributed by atoms with Crippen molar-refractivity contribution in [2.24, 2.45) is 0 Å². The summed E-state index contributed by atoms with van der Waals surface area (Å²) in [6.45, 7) is 3.68. The molecule has 1 aliphatic rings. The quantitative estimate of drug-likeness (QED) is 0.746. The second-order valence-corrected chi connectivity index (χ2v) is 5.26. The summed E-state index contributed by atoms with van der Waals surface area (Å²) in [6.07, 6.45) is 2.34. The first-order valence-corrected chi connectivity index (χ1v) is 7.24. The Morgan fingerprint density at radius 2 is 1.80 bits per heavy atom. The first kappa shape index (κ1) is 13.2. The molecule has 20 heavy (non-hydrogen) atoms. The van der Waals surface area contributed by atoms with Crippen molar-refractivity contribution in [2.75, 3.05) is 13.2 Å². The smallest absolute Gasteiger partial charge is 0.119 e. The van der Waals surface area contributed by atoms with Crippen LogP contribution in [-0.2, 0) is 17.6 Å². The molecule has 0 aliphatic carbocycles. The fraction of sp³-hybridized carbons (Fsp3) is 0.333. The molecule has 2 aromatic rings. The lowest BCUT2D eigenvalue weighted by Gasteiger charge is -2.07. The molecule has 2 nitrogen and oxygen atoms in total. The molecule has 1 fully saturated rings. The van der Waals surface area contributed by atoms with Gasteiger partial charge in [-0.15, -0.1) is 0 Å². The van der Waals surface area contributed by atoms with E-state index in [9.17, 15) is 0 Å². The van der Waals surface area contributed by atoms with Crippen molar-refractivity contribution >= 4 is 0 Å². The molecule has 0 amide bonds. The van der Waals surface area contributed by atoms with E-state index in [1.165, 1.54) is 16.7 Å². The molecule has 1 heterocycles. The normalized spacial score (nSPS) is 16.9. The Kier molecular flexibility index (Phi) is 4.03. The molecule has 1 atom stereocenters. The minimum atomic E-state index is 0.306. The molecule has 0 bridgehead atoms. The second kappa shape index (κ2) is 6.10. The molecule has 1 unspecified atom stereocenters. The van der Waals surface area contributed by atoms with E-state index in [2.05, 4.69) is 49.4 Å². The van der Waals surface area contributed by atoms with Crippen LogP contribution in [0.1, 0.15) is 23.6 Å². The van der Waals surface area contributed by atoms with E-state index in [1.54, 1.807) is 0 Å². The van der Waals surface area contributed by atoms with Crippen molar-refractivity contribution in [2.45, 2.75) is 25.9 Å². The van der Waals surface area contributed by atoms with Gasteiger partial charge in [-0.3, -0.25) is 0 Å². The Labute approximate surface area is 120 Å². The molecule has 2 heteroatoms. The zero-order valence-electron chi connectivity index (χ0n) is 11.8. The van der Waals surface area contributed by atoms with E-state index < -0.39 is 0 Å². The van der Waals surface area contributed by atoms with Gasteiger partial charge in [-0.05, 0) is 41.7 Å². The van der Waals surface area contributed by atoms with Crippen LogP contribution < -0.4 is 4.74 Å². The average Bonchev–Trinajstić information content (AvgIpc) is 3.31. The predicted molar refractivity (Wildman–Crippen MR) is 80.3 cm³/mol. The van der Waals surface area contributed by atoms with Crippen molar-refractivity contribution in [1.29, 1.82) is 0 Å². The Hall–Kier alpha value is -1.80. The topological polar surface area (TPSA) is 21.8 Å². The third-order valence-corrected chi connectivity index (χ3v) is 3.58. The van der Waals surface area contributed by atoms with E-state index in [-0.39, 0.29) is 0 Å². The van der Waals surface area contributed by atoms with Crippen molar-refractivity contribution in [3.63, 3.8) is 0 Å². The highest BCUT2D eigenvalue weighted by atomic mass is 16.6. The Morgan fingerprint density at radius 3 is 2.50 bits per heavy atom. The maximum atomic E-state index is 5.72. The number of rotatable bonds is 6. The van der Waals surface area contributed by atoms with Gasteiger partial charge in [0.1, 0.15) is 18.5 Å². The molecule has 0 spiro atoms. The average molecular weight is 268 g/mol. The lowest BCUT2D eigenvalue weighted by atomic mass is 10.0. The third kappa shape index (κ3) is 3.61. The van der Waals surface area contributed by atoms with Gasteiger partial charge in [-0.2, -0.15) is 0 Å². The van der Waals surface area contributed by atoms with Crippen LogP contribution in [0.3, 0.4) is 0 Å². The SMILES string of the molecule is CCc1ccc(Cc2cccc(OCC3CO3)c2)cc1. The summed E-state index contributed by atoms with van der Waals surface area (Å²) in [4.78, 5) is 0. The minimum Gasteiger partial charge on any atom is -0.491 e. The van der Waals surface area contributed by atoms with E-state index in [0.717, 1.165) is 25.2 Å². The van der Waals surface area contributed by atoms with Crippen molar-refractivity contribution in [1.82, 2.24) is 0 Å². The Balaban J connectivity index is 1.64. The summed E-state index contributed by atoms with van der Waals surface area (Å²) in [6, 6.07) is 17.2. The van der Waals surface area contributed by atoms with Crippen LogP contribution in [0.15, 0.2) is 48.5 Å². The third-order valence-electron chi connectivity index (χ3n) is 3.58. The van der Waals surface area contributed by atoms with Crippen molar-refractivity contribution < 1.29 is 9.47 Å². The van der Waals surface area contributed by atoms with Gasteiger partial charge in [0.05, 0.1) is 6.61 Å². The van der Waals surface area contributed by atoms with Gasteiger partial charge in [-0.25, -0.2) is 0 Å². The highest BCUT2D eigenvalue weighted by Crippen LogP contribution is 2.19.